The quantitative estimate of drug-likeness (QED) is 0.753. The van der Waals surface area contributed by atoms with E-state index in [0.717, 1.165) is 11.1 Å². The van der Waals surface area contributed by atoms with Gasteiger partial charge in [-0.25, -0.2) is 0 Å². The molecule has 0 bridgehead atoms. The minimum atomic E-state index is -0.0754. The highest BCUT2D eigenvalue weighted by atomic mass is 35.5. The number of aryl methyl sites for hydroxylation is 2. The summed E-state index contributed by atoms with van der Waals surface area (Å²) in [7, 11) is 0. The van der Waals surface area contributed by atoms with E-state index in [9.17, 15) is 4.79 Å². The lowest BCUT2D eigenvalue weighted by Crippen LogP contribution is -2.13. The smallest absolute Gasteiger partial charge is 0.200 e. The summed E-state index contributed by atoms with van der Waals surface area (Å²) >= 11 is 11.8. The number of halogens is 2. The molecule has 20 heavy (non-hydrogen) atoms. The molecule has 4 heteroatoms. The molecule has 0 amide bonds. The van der Waals surface area contributed by atoms with Gasteiger partial charge in [-0.2, -0.15) is 0 Å². The molecule has 0 unspecified atom stereocenters. The second-order valence-corrected chi connectivity index (χ2v) is 5.45. The average molecular weight is 309 g/mol. The summed E-state index contributed by atoms with van der Waals surface area (Å²) in [6, 6.07) is 10.6. The number of hydrogen-bond acceptors (Lipinski definition) is 2. The largest absolute Gasteiger partial charge is 0.484 e. The molecule has 0 saturated heterocycles. The van der Waals surface area contributed by atoms with Gasteiger partial charge in [0.15, 0.2) is 12.4 Å². The molecule has 2 nitrogen and oxygen atoms in total. The molecule has 2 aromatic rings. The van der Waals surface area contributed by atoms with E-state index in [1.165, 1.54) is 0 Å². The van der Waals surface area contributed by atoms with Crippen LogP contribution in [0.5, 0.6) is 5.75 Å². The van der Waals surface area contributed by atoms with Crippen LogP contribution in [-0.4, -0.2) is 12.4 Å². The van der Waals surface area contributed by atoms with Gasteiger partial charge in [-0.3, -0.25) is 4.79 Å². The monoisotopic (exact) mass is 308 g/mol. The summed E-state index contributed by atoms with van der Waals surface area (Å²) in [6.07, 6.45) is 0. The summed E-state index contributed by atoms with van der Waals surface area (Å²) < 4.78 is 5.45. The van der Waals surface area contributed by atoms with Crippen LogP contribution in [0.15, 0.2) is 36.4 Å². The molecule has 0 heterocycles. The van der Waals surface area contributed by atoms with E-state index in [4.69, 9.17) is 27.9 Å². The number of ether oxygens (including phenoxy) is 1. The first-order chi connectivity index (χ1) is 9.47. The highest BCUT2D eigenvalue weighted by molar-refractivity contribution is 6.35. The zero-order chi connectivity index (χ0) is 14.7. The van der Waals surface area contributed by atoms with Crippen LogP contribution in [0.4, 0.5) is 0 Å². The molecular formula is C16H14Cl2O2. The summed E-state index contributed by atoms with van der Waals surface area (Å²) in [5, 5.41) is 0.925. The fourth-order valence-corrected chi connectivity index (χ4v) is 2.40. The number of hydrogen-bond donors (Lipinski definition) is 0. The Balaban J connectivity index is 2.08. The van der Waals surface area contributed by atoms with Crippen LogP contribution in [0.3, 0.4) is 0 Å². The first-order valence-corrected chi connectivity index (χ1v) is 6.91. The predicted molar refractivity (Wildman–Crippen MR) is 82.2 cm³/mol. The highest BCUT2D eigenvalue weighted by Gasteiger charge is 2.11. The number of Topliss-reactive ketones (excluding diaryl/α,β-unsaturated/α-hetero) is 1. The van der Waals surface area contributed by atoms with Crippen molar-refractivity contribution in [1.82, 2.24) is 0 Å². The maximum absolute atomic E-state index is 12.1. The van der Waals surface area contributed by atoms with E-state index in [0.29, 0.717) is 21.4 Å². The molecule has 0 aliphatic rings. The standard InChI is InChI=1S/C16H14Cl2O2/c1-10-3-5-13(11(2)7-10)15(19)9-20-16-6-4-12(17)8-14(16)18/h3-8H,9H2,1-2H3. The Hall–Kier alpha value is -1.51. The average Bonchev–Trinajstić information content (AvgIpc) is 2.37. The Morgan fingerprint density at radius 2 is 1.85 bits per heavy atom. The molecule has 2 rings (SSSR count). The predicted octanol–water partition coefficient (Wildman–Crippen LogP) is 4.87. The van der Waals surface area contributed by atoms with Crippen LogP contribution in [0, 0.1) is 13.8 Å². The zero-order valence-corrected chi connectivity index (χ0v) is 12.8. The molecule has 0 radical (unpaired) electrons. The van der Waals surface area contributed by atoms with Gasteiger partial charge in [0.25, 0.3) is 0 Å². The maximum Gasteiger partial charge on any atom is 0.200 e. The summed E-state index contributed by atoms with van der Waals surface area (Å²) in [6.45, 7) is 3.85. The van der Waals surface area contributed by atoms with Gasteiger partial charge in [0.1, 0.15) is 5.75 Å². The fraction of sp³-hybridized carbons (Fsp3) is 0.188. The van der Waals surface area contributed by atoms with Crippen molar-refractivity contribution in [3.8, 4) is 5.75 Å². The van der Waals surface area contributed by atoms with E-state index in [-0.39, 0.29) is 12.4 Å². The number of carbonyl (C=O) groups excluding carboxylic acids is 1. The van der Waals surface area contributed by atoms with Crippen LogP contribution in [-0.2, 0) is 0 Å². The minimum absolute atomic E-state index is 0.0503. The Bertz CT molecular complexity index is 651. The molecule has 0 N–H and O–H groups in total. The second-order valence-electron chi connectivity index (χ2n) is 4.60. The van der Waals surface area contributed by atoms with Gasteiger partial charge < -0.3 is 4.74 Å². The molecule has 104 valence electrons. The Labute approximate surface area is 128 Å². The van der Waals surface area contributed by atoms with Crippen molar-refractivity contribution in [2.75, 3.05) is 6.61 Å². The molecule has 0 atom stereocenters. The van der Waals surface area contributed by atoms with E-state index in [1.54, 1.807) is 18.2 Å². The van der Waals surface area contributed by atoms with Crippen molar-refractivity contribution in [1.29, 1.82) is 0 Å². The van der Waals surface area contributed by atoms with Crippen LogP contribution < -0.4 is 4.74 Å². The molecule has 0 aromatic heterocycles. The van der Waals surface area contributed by atoms with Crippen LogP contribution >= 0.6 is 23.2 Å². The Morgan fingerprint density at radius 3 is 2.50 bits per heavy atom. The molecular weight excluding hydrogens is 295 g/mol. The van der Waals surface area contributed by atoms with Crippen LogP contribution in [0.25, 0.3) is 0 Å². The zero-order valence-electron chi connectivity index (χ0n) is 11.2. The van der Waals surface area contributed by atoms with Crippen molar-refractivity contribution in [3.63, 3.8) is 0 Å². The van der Waals surface area contributed by atoms with Crippen molar-refractivity contribution in [2.24, 2.45) is 0 Å². The van der Waals surface area contributed by atoms with E-state index in [2.05, 4.69) is 0 Å². The first-order valence-electron chi connectivity index (χ1n) is 6.15. The van der Waals surface area contributed by atoms with Gasteiger partial charge >= 0.3 is 0 Å². The first kappa shape index (κ1) is 14.9. The number of ketones is 1. The van der Waals surface area contributed by atoms with E-state index >= 15 is 0 Å². The van der Waals surface area contributed by atoms with Crippen molar-refractivity contribution >= 4 is 29.0 Å². The normalized spacial score (nSPS) is 10.4. The highest BCUT2D eigenvalue weighted by Crippen LogP contribution is 2.27. The summed E-state index contributed by atoms with van der Waals surface area (Å²) in [5.41, 5.74) is 2.74. The van der Waals surface area contributed by atoms with Crippen LogP contribution in [0.1, 0.15) is 21.5 Å². The minimum Gasteiger partial charge on any atom is -0.484 e. The van der Waals surface area contributed by atoms with Gasteiger partial charge in [0.05, 0.1) is 5.02 Å². The fourth-order valence-electron chi connectivity index (χ4n) is 1.94. The molecule has 2 aromatic carbocycles. The molecule has 0 saturated carbocycles. The third-order valence-corrected chi connectivity index (χ3v) is 3.47. The number of rotatable bonds is 4. The van der Waals surface area contributed by atoms with Gasteiger partial charge in [-0.15, -0.1) is 0 Å². The van der Waals surface area contributed by atoms with Crippen molar-refractivity contribution in [3.05, 3.63) is 63.1 Å². The molecule has 0 aliphatic carbocycles. The van der Waals surface area contributed by atoms with Crippen molar-refractivity contribution < 1.29 is 9.53 Å². The number of benzene rings is 2. The molecule has 0 fully saturated rings. The summed E-state index contributed by atoms with van der Waals surface area (Å²) in [5.74, 6) is 0.377. The van der Waals surface area contributed by atoms with Crippen molar-refractivity contribution in [2.45, 2.75) is 13.8 Å². The van der Waals surface area contributed by atoms with Crippen LogP contribution in [0.2, 0.25) is 10.0 Å². The van der Waals surface area contributed by atoms with E-state index in [1.807, 2.05) is 32.0 Å². The lowest BCUT2D eigenvalue weighted by atomic mass is 10.0. The van der Waals surface area contributed by atoms with E-state index < -0.39 is 0 Å². The van der Waals surface area contributed by atoms with Gasteiger partial charge in [0.2, 0.25) is 0 Å². The third-order valence-electron chi connectivity index (χ3n) is 2.94. The topological polar surface area (TPSA) is 26.3 Å². The molecule has 0 aliphatic heterocycles. The summed E-state index contributed by atoms with van der Waals surface area (Å²) in [4.78, 5) is 12.1. The van der Waals surface area contributed by atoms with Gasteiger partial charge in [-0.05, 0) is 37.6 Å². The Kier molecular flexibility index (Phi) is 4.69. The van der Waals surface area contributed by atoms with Gasteiger partial charge in [0, 0.05) is 10.6 Å². The Morgan fingerprint density at radius 1 is 1.10 bits per heavy atom. The SMILES string of the molecule is Cc1ccc(C(=O)COc2ccc(Cl)cc2Cl)c(C)c1. The van der Waals surface area contributed by atoms with Gasteiger partial charge in [-0.1, -0.05) is 47.0 Å². The lowest BCUT2D eigenvalue weighted by molar-refractivity contribution is 0.0921. The number of carbonyl (C=O) groups is 1. The second kappa shape index (κ2) is 6.29. The maximum atomic E-state index is 12.1. The third kappa shape index (κ3) is 3.53. The lowest BCUT2D eigenvalue weighted by Gasteiger charge is -2.09. The molecule has 0 spiro atoms.